The molecule has 1 radical (unpaired) electrons. The Hall–Kier alpha value is -0.160. The molecule has 2 saturated heterocycles. The predicted molar refractivity (Wildman–Crippen MR) is 62.0 cm³/mol. The van der Waals surface area contributed by atoms with E-state index < -0.39 is 0 Å². The Bertz CT molecular complexity index is 177. The monoisotopic (exact) mass is 211 g/mol. The Kier molecular flexibility index (Phi) is 4.38. The molecule has 2 heterocycles. The van der Waals surface area contributed by atoms with Crippen LogP contribution in [0.5, 0.6) is 0 Å². The van der Waals surface area contributed by atoms with Gasteiger partial charge in [0.25, 0.3) is 0 Å². The number of likely N-dealkylation sites (N-methyl/N-ethyl adjacent to an activating group) is 1. The van der Waals surface area contributed by atoms with Gasteiger partial charge in [0.15, 0.2) is 0 Å². The molecule has 2 aliphatic rings. The van der Waals surface area contributed by atoms with Crippen molar-refractivity contribution in [1.82, 2.24) is 20.4 Å². The minimum atomic E-state index is 0.442. The average Bonchev–Trinajstić information content (AvgIpc) is 2.59. The number of rotatable bonds is 1. The molecule has 0 aliphatic carbocycles. The van der Waals surface area contributed by atoms with Gasteiger partial charge >= 0.3 is 0 Å². The largest absolute Gasteiger partial charge is 0.315 e. The molecule has 4 nitrogen and oxygen atoms in total. The molecule has 1 N–H and O–H groups in total. The van der Waals surface area contributed by atoms with Gasteiger partial charge in [-0.25, -0.2) is 5.32 Å². The zero-order valence-electron chi connectivity index (χ0n) is 9.78. The van der Waals surface area contributed by atoms with Gasteiger partial charge in [-0.3, -0.25) is 4.90 Å². The highest BCUT2D eigenvalue weighted by Gasteiger charge is 2.23. The molecule has 0 aromatic heterocycles. The Balaban J connectivity index is 1.88. The van der Waals surface area contributed by atoms with E-state index in [0.717, 1.165) is 26.2 Å². The lowest BCUT2D eigenvalue weighted by molar-refractivity contribution is 0.146. The molecule has 87 valence electrons. The summed E-state index contributed by atoms with van der Waals surface area (Å²) in [5, 5.41) is 8.24. The Morgan fingerprint density at radius 2 is 2.07 bits per heavy atom. The maximum Gasteiger partial charge on any atom is 0.0889 e. The summed E-state index contributed by atoms with van der Waals surface area (Å²) in [4.78, 5) is 4.96. The van der Waals surface area contributed by atoms with E-state index in [0.29, 0.717) is 6.17 Å². The summed E-state index contributed by atoms with van der Waals surface area (Å²) in [6.45, 7) is 8.00. The number of hydrogen-bond donors (Lipinski definition) is 1. The molecule has 0 spiro atoms. The minimum Gasteiger partial charge on any atom is -0.315 e. The molecule has 4 heteroatoms. The lowest BCUT2D eigenvalue weighted by Gasteiger charge is -2.30. The third-order valence-corrected chi connectivity index (χ3v) is 3.31. The van der Waals surface area contributed by atoms with Crippen molar-refractivity contribution in [3.05, 3.63) is 0 Å². The number of nitrogens with one attached hydrogen (secondary N) is 1. The fourth-order valence-corrected chi connectivity index (χ4v) is 2.40. The van der Waals surface area contributed by atoms with Gasteiger partial charge in [-0.1, -0.05) is 0 Å². The van der Waals surface area contributed by atoms with Crippen molar-refractivity contribution in [2.75, 3.05) is 52.9 Å². The molecule has 1 unspecified atom stereocenters. The number of hydrogen-bond acceptors (Lipinski definition) is 3. The van der Waals surface area contributed by atoms with Crippen LogP contribution in [-0.2, 0) is 0 Å². The van der Waals surface area contributed by atoms with Gasteiger partial charge in [0.05, 0.1) is 6.17 Å². The molecule has 0 amide bonds. The highest BCUT2D eigenvalue weighted by atomic mass is 15.3. The van der Waals surface area contributed by atoms with Crippen LogP contribution in [0.4, 0.5) is 0 Å². The summed E-state index contributed by atoms with van der Waals surface area (Å²) in [5.74, 6) is 0. The summed E-state index contributed by atoms with van der Waals surface area (Å²) < 4.78 is 0. The normalized spacial score (nSPS) is 32.2. The van der Waals surface area contributed by atoms with Crippen LogP contribution in [0.1, 0.15) is 12.8 Å². The predicted octanol–water partition coefficient (Wildman–Crippen LogP) is -0.452. The van der Waals surface area contributed by atoms with Gasteiger partial charge in [-0.2, -0.15) is 0 Å². The zero-order valence-corrected chi connectivity index (χ0v) is 9.78. The van der Waals surface area contributed by atoms with Crippen LogP contribution >= 0.6 is 0 Å². The molecule has 0 aromatic rings. The number of nitrogens with zero attached hydrogens (tertiary/aromatic N) is 3. The second kappa shape index (κ2) is 5.80. The second-order valence-electron chi connectivity index (χ2n) is 4.64. The molecular weight excluding hydrogens is 188 g/mol. The molecule has 0 bridgehead atoms. The summed E-state index contributed by atoms with van der Waals surface area (Å²) >= 11 is 0. The van der Waals surface area contributed by atoms with Crippen molar-refractivity contribution in [2.45, 2.75) is 19.0 Å². The summed E-state index contributed by atoms with van der Waals surface area (Å²) in [7, 11) is 2.21. The molecule has 0 saturated carbocycles. The highest BCUT2D eigenvalue weighted by Crippen LogP contribution is 2.06. The molecule has 2 rings (SSSR count). The maximum absolute atomic E-state index is 4.80. The van der Waals surface area contributed by atoms with Gasteiger partial charge in [-0.05, 0) is 33.0 Å². The minimum absolute atomic E-state index is 0.442. The lowest BCUT2D eigenvalue weighted by Crippen LogP contribution is -2.48. The quantitative estimate of drug-likeness (QED) is 0.637. The summed E-state index contributed by atoms with van der Waals surface area (Å²) in [6.07, 6.45) is 2.92. The molecule has 2 aliphatic heterocycles. The van der Waals surface area contributed by atoms with Crippen molar-refractivity contribution in [3.8, 4) is 0 Å². The van der Waals surface area contributed by atoms with Gasteiger partial charge in [0.2, 0.25) is 0 Å². The molecule has 0 aromatic carbocycles. The van der Waals surface area contributed by atoms with Crippen LogP contribution in [-0.4, -0.2) is 68.8 Å². The SMILES string of the molecule is CN1CCC[N]C(N2CCCNCC2)C1. The van der Waals surface area contributed by atoms with Crippen LogP contribution in [0.25, 0.3) is 0 Å². The Labute approximate surface area is 93.0 Å². The Morgan fingerprint density at radius 1 is 1.13 bits per heavy atom. The van der Waals surface area contributed by atoms with Crippen LogP contribution in [0.2, 0.25) is 0 Å². The van der Waals surface area contributed by atoms with Crippen molar-refractivity contribution >= 4 is 0 Å². The molecule has 15 heavy (non-hydrogen) atoms. The van der Waals surface area contributed by atoms with Crippen molar-refractivity contribution in [1.29, 1.82) is 0 Å². The van der Waals surface area contributed by atoms with Crippen LogP contribution in [0.3, 0.4) is 0 Å². The second-order valence-corrected chi connectivity index (χ2v) is 4.64. The van der Waals surface area contributed by atoms with Crippen LogP contribution < -0.4 is 10.6 Å². The van der Waals surface area contributed by atoms with E-state index in [4.69, 9.17) is 5.32 Å². The smallest absolute Gasteiger partial charge is 0.0889 e. The van der Waals surface area contributed by atoms with E-state index in [2.05, 4.69) is 22.2 Å². The van der Waals surface area contributed by atoms with Crippen molar-refractivity contribution in [3.63, 3.8) is 0 Å². The lowest BCUT2D eigenvalue weighted by atomic mass is 10.3. The van der Waals surface area contributed by atoms with Gasteiger partial charge < -0.3 is 10.2 Å². The first-order valence-corrected chi connectivity index (χ1v) is 6.16. The Morgan fingerprint density at radius 3 is 3.00 bits per heavy atom. The first kappa shape index (κ1) is 11.3. The summed E-state index contributed by atoms with van der Waals surface area (Å²) in [6, 6.07) is 0. The van der Waals surface area contributed by atoms with E-state index in [-0.39, 0.29) is 0 Å². The zero-order chi connectivity index (χ0) is 10.5. The van der Waals surface area contributed by atoms with Gasteiger partial charge in [0, 0.05) is 32.7 Å². The first-order valence-electron chi connectivity index (χ1n) is 6.16. The standard InChI is InChI=1S/C11H23N4/c1-14-7-3-5-13-11(10-14)15-8-2-4-12-6-9-15/h11-12H,2-10H2,1H3. The fourth-order valence-electron chi connectivity index (χ4n) is 2.40. The fraction of sp³-hybridized carbons (Fsp3) is 1.00. The third kappa shape index (κ3) is 3.41. The first-order chi connectivity index (χ1) is 7.36. The average molecular weight is 211 g/mol. The third-order valence-electron chi connectivity index (χ3n) is 3.31. The van der Waals surface area contributed by atoms with Gasteiger partial charge in [-0.15, -0.1) is 0 Å². The van der Waals surface area contributed by atoms with E-state index in [9.17, 15) is 0 Å². The van der Waals surface area contributed by atoms with Crippen LogP contribution in [0, 0.1) is 0 Å². The topological polar surface area (TPSA) is 32.6 Å². The van der Waals surface area contributed by atoms with E-state index in [1.54, 1.807) is 0 Å². The van der Waals surface area contributed by atoms with Gasteiger partial charge in [0.1, 0.15) is 0 Å². The maximum atomic E-state index is 4.80. The molecular formula is C11H23N4. The van der Waals surface area contributed by atoms with Crippen molar-refractivity contribution < 1.29 is 0 Å². The van der Waals surface area contributed by atoms with E-state index >= 15 is 0 Å². The molecule has 1 atom stereocenters. The van der Waals surface area contributed by atoms with Crippen LogP contribution in [0.15, 0.2) is 0 Å². The summed E-state index contributed by atoms with van der Waals surface area (Å²) in [5.41, 5.74) is 0. The molecule has 2 fully saturated rings. The van der Waals surface area contributed by atoms with Crippen molar-refractivity contribution in [2.24, 2.45) is 0 Å². The van der Waals surface area contributed by atoms with E-state index in [1.807, 2.05) is 0 Å². The highest BCUT2D eigenvalue weighted by molar-refractivity contribution is 4.78. The van der Waals surface area contributed by atoms with E-state index in [1.165, 1.54) is 32.5 Å².